The van der Waals surface area contributed by atoms with E-state index in [0.29, 0.717) is 19.3 Å². The van der Waals surface area contributed by atoms with Gasteiger partial charge in [0.15, 0.2) is 6.10 Å². The Morgan fingerprint density at radius 3 is 1.22 bits per heavy atom. The maximum Gasteiger partial charge on any atom is 0.306 e. The zero-order valence-corrected chi connectivity index (χ0v) is 37.8. The lowest BCUT2D eigenvalue weighted by Gasteiger charge is -2.18. The molecule has 0 bridgehead atoms. The molecular formula is C52H88O6. The molecule has 6 nitrogen and oxygen atoms in total. The molecule has 0 aromatic rings. The van der Waals surface area contributed by atoms with Crippen molar-refractivity contribution in [2.24, 2.45) is 0 Å². The van der Waals surface area contributed by atoms with Crippen LogP contribution in [0.15, 0.2) is 72.9 Å². The average Bonchev–Trinajstić information content (AvgIpc) is 3.22. The van der Waals surface area contributed by atoms with Crippen LogP contribution in [-0.4, -0.2) is 37.2 Å². The van der Waals surface area contributed by atoms with Crippen LogP contribution in [0.25, 0.3) is 0 Å². The number of unbranched alkanes of at least 4 members (excludes halogenated alkanes) is 21. The predicted molar refractivity (Wildman–Crippen MR) is 247 cm³/mol. The van der Waals surface area contributed by atoms with Crippen LogP contribution in [0.1, 0.15) is 220 Å². The van der Waals surface area contributed by atoms with E-state index in [1.807, 2.05) is 0 Å². The molecule has 1 atom stereocenters. The fourth-order valence-electron chi connectivity index (χ4n) is 6.40. The maximum absolute atomic E-state index is 12.7. The summed E-state index contributed by atoms with van der Waals surface area (Å²) >= 11 is 0. The van der Waals surface area contributed by atoms with Crippen molar-refractivity contribution in [3.8, 4) is 0 Å². The number of hydrogen-bond donors (Lipinski definition) is 0. The summed E-state index contributed by atoms with van der Waals surface area (Å²) in [5.74, 6) is -0.962. The van der Waals surface area contributed by atoms with E-state index in [0.717, 1.165) is 96.3 Å². The van der Waals surface area contributed by atoms with E-state index >= 15 is 0 Å². The van der Waals surface area contributed by atoms with E-state index in [-0.39, 0.29) is 37.5 Å². The number of ether oxygens (including phenoxy) is 3. The van der Waals surface area contributed by atoms with Crippen molar-refractivity contribution in [3.63, 3.8) is 0 Å². The summed E-state index contributed by atoms with van der Waals surface area (Å²) in [4.78, 5) is 37.8. The standard InChI is InChI=1S/C52H88O6/c1-4-7-10-13-16-19-22-24-25-26-27-28-29-31-33-36-39-42-45-51(54)57-48-49(47-56-50(53)44-41-38-35-32-21-18-15-12-9-6-3)58-52(55)46-43-40-37-34-30-23-20-17-14-11-8-5-2/h8,11,17,20,22,24-28,30,34,49H,4-7,9-10,12-16,18-19,21,23,29,31-33,35-48H2,1-3H3/b11-8-,20-17-,24-22-,26-25-,28-27-,34-30-. The van der Waals surface area contributed by atoms with Crippen LogP contribution in [0.3, 0.4) is 0 Å². The molecule has 0 aliphatic heterocycles. The summed E-state index contributed by atoms with van der Waals surface area (Å²) in [6, 6.07) is 0. The molecule has 0 saturated heterocycles. The third kappa shape index (κ3) is 44.0. The maximum atomic E-state index is 12.7. The van der Waals surface area contributed by atoms with Crippen LogP contribution in [0, 0.1) is 0 Å². The quantitative estimate of drug-likeness (QED) is 0.0201. The normalized spacial score (nSPS) is 12.7. The van der Waals surface area contributed by atoms with Gasteiger partial charge in [-0.05, 0) is 77.0 Å². The topological polar surface area (TPSA) is 78.9 Å². The minimum atomic E-state index is -0.800. The first-order valence-corrected chi connectivity index (χ1v) is 24.0. The summed E-state index contributed by atoms with van der Waals surface area (Å²) in [6.07, 6.45) is 57.4. The molecule has 0 fully saturated rings. The lowest BCUT2D eigenvalue weighted by Crippen LogP contribution is -2.30. The highest BCUT2D eigenvalue weighted by atomic mass is 16.6. The van der Waals surface area contributed by atoms with Crippen molar-refractivity contribution < 1.29 is 28.6 Å². The SMILES string of the molecule is CC/C=C\C/C=C\C/C=C\CCCCC(=O)OC(COC(=O)CCCCCCC\C=C/C=C\C=C/CCCCCCC)COC(=O)CCCCCCCCCCCC. The van der Waals surface area contributed by atoms with Crippen molar-refractivity contribution in [1.82, 2.24) is 0 Å². The summed E-state index contributed by atoms with van der Waals surface area (Å²) in [5, 5.41) is 0. The van der Waals surface area contributed by atoms with Crippen LogP contribution in [0.5, 0.6) is 0 Å². The molecule has 0 aromatic carbocycles. The Kier molecular flexibility index (Phi) is 44.0. The van der Waals surface area contributed by atoms with Gasteiger partial charge in [0.25, 0.3) is 0 Å². The number of allylic oxidation sites excluding steroid dienone is 12. The Balaban J connectivity index is 4.43. The number of carbonyl (C=O) groups excluding carboxylic acids is 3. The highest BCUT2D eigenvalue weighted by Crippen LogP contribution is 2.13. The fraction of sp³-hybridized carbons (Fsp3) is 0.712. The van der Waals surface area contributed by atoms with Crippen LogP contribution < -0.4 is 0 Å². The minimum Gasteiger partial charge on any atom is -0.462 e. The molecule has 0 rings (SSSR count). The molecular weight excluding hydrogens is 721 g/mol. The van der Waals surface area contributed by atoms with E-state index in [2.05, 4.69) is 93.7 Å². The van der Waals surface area contributed by atoms with Crippen molar-refractivity contribution in [2.75, 3.05) is 13.2 Å². The van der Waals surface area contributed by atoms with E-state index in [9.17, 15) is 14.4 Å². The van der Waals surface area contributed by atoms with Gasteiger partial charge in [0.2, 0.25) is 0 Å². The second-order valence-corrected chi connectivity index (χ2v) is 15.7. The molecule has 0 amide bonds. The van der Waals surface area contributed by atoms with E-state index in [1.165, 1.54) is 77.0 Å². The third-order valence-electron chi connectivity index (χ3n) is 10.0. The Bertz CT molecular complexity index is 1110. The zero-order valence-electron chi connectivity index (χ0n) is 37.8. The van der Waals surface area contributed by atoms with Gasteiger partial charge in [-0.2, -0.15) is 0 Å². The summed E-state index contributed by atoms with van der Waals surface area (Å²) in [6.45, 7) is 6.43. The van der Waals surface area contributed by atoms with Gasteiger partial charge in [-0.25, -0.2) is 0 Å². The molecule has 0 aliphatic carbocycles. The number of carbonyl (C=O) groups is 3. The highest BCUT2D eigenvalue weighted by molar-refractivity contribution is 5.71. The Labute approximate surface area is 357 Å². The van der Waals surface area contributed by atoms with Gasteiger partial charge in [0, 0.05) is 19.3 Å². The molecule has 0 spiro atoms. The van der Waals surface area contributed by atoms with Gasteiger partial charge in [-0.15, -0.1) is 0 Å². The Morgan fingerprint density at radius 1 is 0.379 bits per heavy atom. The van der Waals surface area contributed by atoms with Crippen LogP contribution >= 0.6 is 0 Å². The van der Waals surface area contributed by atoms with E-state index < -0.39 is 6.10 Å². The smallest absolute Gasteiger partial charge is 0.306 e. The number of hydrogen-bond acceptors (Lipinski definition) is 6. The van der Waals surface area contributed by atoms with Crippen molar-refractivity contribution in [3.05, 3.63) is 72.9 Å². The summed E-state index contributed by atoms with van der Waals surface area (Å²) in [5.41, 5.74) is 0. The number of rotatable bonds is 42. The third-order valence-corrected chi connectivity index (χ3v) is 10.0. The van der Waals surface area contributed by atoms with Crippen LogP contribution in [-0.2, 0) is 28.6 Å². The van der Waals surface area contributed by atoms with Crippen molar-refractivity contribution in [2.45, 2.75) is 226 Å². The first-order valence-electron chi connectivity index (χ1n) is 24.0. The van der Waals surface area contributed by atoms with Gasteiger partial charge in [0.1, 0.15) is 13.2 Å². The summed E-state index contributed by atoms with van der Waals surface area (Å²) in [7, 11) is 0. The second kappa shape index (κ2) is 46.5. The monoisotopic (exact) mass is 809 g/mol. The largest absolute Gasteiger partial charge is 0.462 e. The van der Waals surface area contributed by atoms with Crippen LogP contribution in [0.4, 0.5) is 0 Å². The molecule has 0 heterocycles. The highest BCUT2D eigenvalue weighted by Gasteiger charge is 2.19. The van der Waals surface area contributed by atoms with Crippen LogP contribution in [0.2, 0.25) is 0 Å². The molecule has 58 heavy (non-hydrogen) atoms. The molecule has 0 aromatic heterocycles. The molecule has 0 saturated carbocycles. The van der Waals surface area contributed by atoms with Crippen molar-refractivity contribution in [1.29, 1.82) is 0 Å². The predicted octanol–water partition coefficient (Wildman–Crippen LogP) is 15.5. The zero-order chi connectivity index (χ0) is 42.3. The second-order valence-electron chi connectivity index (χ2n) is 15.7. The van der Waals surface area contributed by atoms with Gasteiger partial charge in [-0.1, -0.05) is 196 Å². The first kappa shape index (κ1) is 54.9. The Hall–Kier alpha value is -3.15. The number of esters is 3. The van der Waals surface area contributed by atoms with Gasteiger partial charge < -0.3 is 14.2 Å². The molecule has 0 N–H and O–H groups in total. The van der Waals surface area contributed by atoms with Gasteiger partial charge in [-0.3, -0.25) is 14.4 Å². The molecule has 0 radical (unpaired) electrons. The van der Waals surface area contributed by atoms with Gasteiger partial charge >= 0.3 is 17.9 Å². The van der Waals surface area contributed by atoms with Crippen molar-refractivity contribution >= 4 is 17.9 Å². The van der Waals surface area contributed by atoms with E-state index in [1.54, 1.807) is 0 Å². The molecule has 332 valence electrons. The fourth-order valence-corrected chi connectivity index (χ4v) is 6.40. The molecule has 6 heteroatoms. The Morgan fingerprint density at radius 2 is 0.741 bits per heavy atom. The lowest BCUT2D eigenvalue weighted by atomic mass is 10.1. The minimum absolute atomic E-state index is 0.0970. The van der Waals surface area contributed by atoms with E-state index in [4.69, 9.17) is 14.2 Å². The molecule has 0 aliphatic rings. The van der Waals surface area contributed by atoms with Gasteiger partial charge in [0.05, 0.1) is 0 Å². The molecule has 1 unspecified atom stereocenters. The average molecular weight is 809 g/mol. The first-order chi connectivity index (χ1) is 28.5. The lowest BCUT2D eigenvalue weighted by molar-refractivity contribution is -0.167. The summed E-state index contributed by atoms with van der Waals surface area (Å²) < 4.78 is 16.7.